The Morgan fingerprint density at radius 1 is 1.00 bits per heavy atom. The van der Waals surface area contributed by atoms with Gasteiger partial charge in [0.05, 0.1) is 38.3 Å². The number of aromatic nitrogens is 3. The molecule has 1 N–H and O–H groups in total. The highest BCUT2D eigenvalue weighted by Gasteiger charge is 2.33. The van der Waals surface area contributed by atoms with Gasteiger partial charge in [-0.05, 0) is 65.7 Å². The second-order valence-corrected chi connectivity index (χ2v) is 10.4. The van der Waals surface area contributed by atoms with Gasteiger partial charge in [0.25, 0.3) is 11.8 Å². The molecule has 1 atom stereocenters. The van der Waals surface area contributed by atoms with E-state index in [0.29, 0.717) is 28.7 Å². The van der Waals surface area contributed by atoms with Crippen molar-refractivity contribution in [2.45, 2.75) is 24.2 Å². The molecule has 0 spiro atoms. The number of ether oxygens (including phenoxy) is 2. The van der Waals surface area contributed by atoms with Crippen LogP contribution in [0.25, 0.3) is 0 Å². The van der Waals surface area contributed by atoms with E-state index in [-0.39, 0.29) is 36.0 Å². The molecule has 10 nitrogen and oxygen atoms in total. The summed E-state index contributed by atoms with van der Waals surface area (Å²) < 4.78 is 25.8. The lowest BCUT2D eigenvalue weighted by molar-refractivity contribution is -0.130. The fourth-order valence-electron chi connectivity index (χ4n) is 4.49. The average Bonchev–Trinajstić information content (AvgIpc) is 3.63. The molecule has 0 radical (unpaired) electrons. The van der Waals surface area contributed by atoms with Crippen LogP contribution in [0, 0.1) is 5.82 Å². The zero-order chi connectivity index (χ0) is 29.6. The van der Waals surface area contributed by atoms with E-state index in [9.17, 15) is 14.0 Å². The summed E-state index contributed by atoms with van der Waals surface area (Å²) >= 11 is 1.22. The number of thioether (sulfide) groups is 1. The van der Waals surface area contributed by atoms with Crippen molar-refractivity contribution >= 4 is 29.3 Å². The van der Waals surface area contributed by atoms with Crippen molar-refractivity contribution in [1.82, 2.24) is 25.1 Å². The van der Waals surface area contributed by atoms with Crippen LogP contribution in [0.4, 0.5) is 4.39 Å². The van der Waals surface area contributed by atoms with Gasteiger partial charge in [-0.3, -0.25) is 9.59 Å². The van der Waals surface area contributed by atoms with Crippen LogP contribution in [0.2, 0.25) is 0 Å². The second-order valence-electron chi connectivity index (χ2n) is 9.45. The van der Waals surface area contributed by atoms with Gasteiger partial charge in [-0.2, -0.15) is 5.10 Å². The predicted octanol–water partition coefficient (Wildman–Crippen LogP) is 4.37. The van der Waals surface area contributed by atoms with Gasteiger partial charge in [0.2, 0.25) is 0 Å². The Kier molecular flexibility index (Phi) is 8.82. The van der Waals surface area contributed by atoms with Crippen LogP contribution in [-0.2, 0) is 18.4 Å². The van der Waals surface area contributed by atoms with E-state index in [1.54, 1.807) is 62.2 Å². The van der Waals surface area contributed by atoms with E-state index in [1.807, 2.05) is 24.3 Å². The molecule has 12 heteroatoms. The van der Waals surface area contributed by atoms with Gasteiger partial charge in [0.1, 0.15) is 17.3 Å². The van der Waals surface area contributed by atoms with Gasteiger partial charge in [-0.25, -0.2) is 9.40 Å². The minimum Gasteiger partial charge on any atom is -0.497 e. The Morgan fingerprint density at radius 2 is 1.74 bits per heavy atom. The highest BCUT2D eigenvalue weighted by atomic mass is 32.2. The molecule has 0 saturated carbocycles. The van der Waals surface area contributed by atoms with Crippen LogP contribution in [0.3, 0.4) is 0 Å². The standard InChI is InChI=1S/C30H29FN6O4S/c1-36-27(17-32-29(39)21-5-4-6-24(15-21)41-3)33-34-30(36)42-18-28(38)37-26(20-7-11-22(31)12-8-20)16-25(35-37)19-9-13-23(40-2)14-10-19/h4-15,26H,16-18H2,1-3H3,(H,32,39)/t26-/m0/s1. The summed E-state index contributed by atoms with van der Waals surface area (Å²) in [5, 5.41) is 17.9. The van der Waals surface area contributed by atoms with Crippen LogP contribution in [-0.4, -0.2) is 57.3 Å². The van der Waals surface area contributed by atoms with E-state index in [0.717, 1.165) is 22.6 Å². The van der Waals surface area contributed by atoms with Crippen molar-refractivity contribution in [2.75, 3.05) is 20.0 Å². The zero-order valence-corrected chi connectivity index (χ0v) is 24.1. The first-order valence-electron chi connectivity index (χ1n) is 13.1. The molecule has 2 amide bonds. The van der Waals surface area contributed by atoms with Crippen LogP contribution in [0.1, 0.15) is 39.8 Å². The molecular weight excluding hydrogens is 559 g/mol. The fourth-order valence-corrected chi connectivity index (χ4v) is 5.27. The first-order chi connectivity index (χ1) is 20.4. The highest BCUT2D eigenvalue weighted by molar-refractivity contribution is 7.99. The van der Waals surface area contributed by atoms with Gasteiger partial charge >= 0.3 is 0 Å². The summed E-state index contributed by atoms with van der Waals surface area (Å²) in [6, 6.07) is 20.1. The van der Waals surface area contributed by atoms with Crippen molar-refractivity contribution in [3.05, 3.63) is 101 Å². The Hall–Kier alpha value is -4.71. The zero-order valence-electron chi connectivity index (χ0n) is 23.3. The van der Waals surface area contributed by atoms with Crippen LogP contribution in [0.5, 0.6) is 11.5 Å². The normalized spacial score (nSPS) is 14.4. The number of nitrogens with zero attached hydrogens (tertiary/aromatic N) is 5. The average molecular weight is 589 g/mol. The first kappa shape index (κ1) is 28.8. The lowest BCUT2D eigenvalue weighted by Crippen LogP contribution is -2.28. The molecule has 42 heavy (non-hydrogen) atoms. The van der Waals surface area contributed by atoms with Gasteiger partial charge in [0, 0.05) is 19.0 Å². The number of hydrazone groups is 1. The number of hydrogen-bond donors (Lipinski definition) is 1. The molecule has 0 saturated heterocycles. The van der Waals surface area contributed by atoms with Gasteiger partial charge in [0.15, 0.2) is 11.0 Å². The molecule has 5 rings (SSSR count). The quantitative estimate of drug-likeness (QED) is 0.274. The number of carbonyl (C=O) groups excluding carboxylic acids is 2. The third-order valence-corrected chi connectivity index (χ3v) is 7.84. The molecule has 216 valence electrons. The molecule has 1 aliphatic heterocycles. The number of carbonyl (C=O) groups is 2. The molecule has 3 aromatic carbocycles. The summed E-state index contributed by atoms with van der Waals surface area (Å²) in [5.74, 6) is 1.05. The van der Waals surface area contributed by atoms with Crippen LogP contribution >= 0.6 is 11.8 Å². The van der Waals surface area contributed by atoms with Gasteiger partial charge in [-0.15, -0.1) is 10.2 Å². The van der Waals surface area contributed by atoms with E-state index in [4.69, 9.17) is 9.47 Å². The minimum atomic E-state index is -0.377. The molecule has 1 aliphatic rings. The maximum atomic E-state index is 13.6. The summed E-state index contributed by atoms with van der Waals surface area (Å²) in [7, 11) is 4.92. The van der Waals surface area contributed by atoms with E-state index in [2.05, 4.69) is 20.6 Å². The molecule has 0 unspecified atom stereocenters. The second kappa shape index (κ2) is 12.9. The molecular formula is C30H29FN6O4S. The molecule has 0 fully saturated rings. The Labute approximate surface area is 246 Å². The number of halogens is 1. The largest absolute Gasteiger partial charge is 0.497 e. The predicted molar refractivity (Wildman–Crippen MR) is 156 cm³/mol. The van der Waals surface area contributed by atoms with Crippen molar-refractivity contribution < 1.29 is 23.5 Å². The summed E-state index contributed by atoms with van der Waals surface area (Å²) in [6.45, 7) is 0.155. The summed E-state index contributed by atoms with van der Waals surface area (Å²) in [4.78, 5) is 26.0. The lowest BCUT2D eigenvalue weighted by Gasteiger charge is -2.22. The fraction of sp³-hybridized carbons (Fsp3) is 0.233. The topological polar surface area (TPSA) is 111 Å². The number of methoxy groups -OCH3 is 2. The highest BCUT2D eigenvalue weighted by Crippen LogP contribution is 2.34. The molecule has 0 aliphatic carbocycles. The number of nitrogens with one attached hydrogen (secondary N) is 1. The summed E-state index contributed by atoms with van der Waals surface area (Å²) in [5.41, 5.74) is 2.88. The smallest absolute Gasteiger partial charge is 0.253 e. The molecule has 4 aromatic rings. The van der Waals surface area contributed by atoms with Crippen molar-refractivity contribution in [3.8, 4) is 11.5 Å². The Bertz CT molecular complexity index is 1610. The van der Waals surface area contributed by atoms with E-state index in [1.165, 1.54) is 28.9 Å². The maximum absolute atomic E-state index is 13.6. The number of amides is 2. The third kappa shape index (κ3) is 6.44. The number of hydrogen-bond acceptors (Lipinski definition) is 8. The monoisotopic (exact) mass is 588 g/mol. The Balaban J connectivity index is 1.26. The SMILES string of the molecule is COc1ccc(C2=NN(C(=O)CSc3nnc(CNC(=O)c4cccc(OC)c4)n3C)[C@H](c3ccc(F)cc3)C2)cc1. The van der Waals surface area contributed by atoms with Crippen molar-refractivity contribution in [3.63, 3.8) is 0 Å². The first-order valence-corrected chi connectivity index (χ1v) is 14.1. The van der Waals surface area contributed by atoms with Crippen molar-refractivity contribution in [2.24, 2.45) is 12.1 Å². The van der Waals surface area contributed by atoms with E-state index >= 15 is 0 Å². The molecule has 1 aromatic heterocycles. The lowest BCUT2D eigenvalue weighted by atomic mass is 9.98. The van der Waals surface area contributed by atoms with Gasteiger partial charge in [-0.1, -0.05) is 30.0 Å². The summed E-state index contributed by atoms with van der Waals surface area (Å²) in [6.07, 6.45) is 0.482. The van der Waals surface area contributed by atoms with E-state index < -0.39 is 0 Å². The number of rotatable bonds is 10. The van der Waals surface area contributed by atoms with Crippen LogP contribution < -0.4 is 14.8 Å². The number of benzene rings is 3. The van der Waals surface area contributed by atoms with Gasteiger partial charge < -0.3 is 19.4 Å². The minimum absolute atomic E-state index is 0.0548. The van der Waals surface area contributed by atoms with Crippen molar-refractivity contribution in [1.29, 1.82) is 0 Å². The van der Waals surface area contributed by atoms with Crippen LogP contribution in [0.15, 0.2) is 83.1 Å². The third-order valence-electron chi connectivity index (χ3n) is 6.83. The molecule has 2 heterocycles. The maximum Gasteiger partial charge on any atom is 0.253 e. The molecule has 0 bridgehead atoms. The Morgan fingerprint density at radius 3 is 2.45 bits per heavy atom.